The Morgan fingerprint density at radius 3 is 2.55 bits per heavy atom. The van der Waals surface area contributed by atoms with E-state index in [4.69, 9.17) is 0 Å². The molecule has 2 rings (SSSR count). The van der Waals surface area contributed by atoms with E-state index in [1.807, 2.05) is 5.32 Å². The molecule has 0 radical (unpaired) electrons. The van der Waals surface area contributed by atoms with Crippen molar-refractivity contribution < 1.29 is 27.1 Å². The Balaban J connectivity index is 2.43. The fourth-order valence-corrected chi connectivity index (χ4v) is 2.23. The van der Waals surface area contributed by atoms with E-state index in [2.05, 4.69) is 25.7 Å². The topological polar surface area (TPSA) is 51.2 Å². The molecule has 0 saturated heterocycles. The number of nitrogens with one attached hydrogen (secondary N) is 1. The van der Waals surface area contributed by atoms with E-state index in [-0.39, 0.29) is 11.2 Å². The molecule has 0 fully saturated rings. The second kappa shape index (κ2) is 5.81. The van der Waals surface area contributed by atoms with Gasteiger partial charge in [0.15, 0.2) is 0 Å². The number of hydrogen-bond donors (Lipinski definition) is 1. The number of halogens is 5. The summed E-state index contributed by atoms with van der Waals surface area (Å²) in [6.45, 7) is 0. The van der Waals surface area contributed by atoms with Crippen LogP contribution in [-0.4, -0.2) is 30.0 Å². The number of aromatic nitrogens is 1. The third-order valence-corrected chi connectivity index (χ3v) is 3.59. The quantitative estimate of drug-likeness (QED) is 0.823. The molecule has 0 saturated carbocycles. The Labute approximate surface area is 130 Å². The lowest BCUT2D eigenvalue weighted by Gasteiger charge is -2.25. The number of anilines is 1. The lowest BCUT2D eigenvalue weighted by atomic mass is 10.2. The van der Waals surface area contributed by atoms with E-state index in [1.165, 1.54) is 18.3 Å². The van der Waals surface area contributed by atoms with Crippen LogP contribution in [0.1, 0.15) is 0 Å². The number of pyridine rings is 1. The Morgan fingerprint density at radius 2 is 1.95 bits per heavy atom. The van der Waals surface area contributed by atoms with Gasteiger partial charge >= 0.3 is 12.0 Å². The van der Waals surface area contributed by atoms with Crippen molar-refractivity contribution in [1.29, 1.82) is 0 Å². The first-order valence-corrected chi connectivity index (χ1v) is 6.65. The van der Waals surface area contributed by atoms with Gasteiger partial charge in [0.1, 0.15) is 0 Å². The number of nitrogens with zero attached hydrogens (tertiary/aromatic N) is 1. The van der Waals surface area contributed by atoms with Crippen LogP contribution in [0.5, 0.6) is 0 Å². The predicted octanol–water partition coefficient (Wildman–Crippen LogP) is 3.81. The number of amides is 1. The summed E-state index contributed by atoms with van der Waals surface area (Å²) in [5.41, 5.74) is 0.151. The van der Waals surface area contributed by atoms with E-state index < -0.39 is 17.9 Å². The van der Waals surface area contributed by atoms with Gasteiger partial charge in [0, 0.05) is 23.2 Å². The molecule has 0 aliphatic heterocycles. The summed E-state index contributed by atoms with van der Waals surface area (Å²) >= 11 is 3.25. The highest BCUT2D eigenvalue weighted by Gasteiger charge is 2.63. The van der Waals surface area contributed by atoms with Crippen LogP contribution in [-0.2, 0) is 9.53 Å². The number of benzene rings is 1. The molecule has 1 amide bonds. The number of carbonyl (C=O) groups is 1. The molecule has 1 unspecified atom stereocenters. The summed E-state index contributed by atoms with van der Waals surface area (Å²) in [5, 5.41) is 2.42. The Kier molecular flexibility index (Phi) is 4.39. The molecule has 22 heavy (non-hydrogen) atoms. The molecule has 2 aromatic rings. The van der Waals surface area contributed by atoms with Crippen molar-refractivity contribution in [2.75, 3.05) is 12.4 Å². The Hall–Kier alpha value is -1.74. The number of ether oxygens (including phenoxy) is 1. The van der Waals surface area contributed by atoms with Gasteiger partial charge in [-0.15, -0.1) is 0 Å². The Bertz CT molecular complexity index is 723. The van der Waals surface area contributed by atoms with Gasteiger partial charge in [-0.2, -0.15) is 17.6 Å². The maximum atomic E-state index is 13.8. The zero-order valence-corrected chi connectivity index (χ0v) is 12.6. The number of fused-ring (bicyclic) bond motifs is 1. The van der Waals surface area contributed by atoms with E-state index in [0.29, 0.717) is 17.0 Å². The second-order valence-electron chi connectivity index (χ2n) is 4.25. The molecule has 0 aliphatic rings. The molecular formula is C13H9BrF4N2O2. The summed E-state index contributed by atoms with van der Waals surface area (Å²) in [5.74, 6) is -6.42. The van der Waals surface area contributed by atoms with Crippen LogP contribution in [0.15, 0.2) is 34.9 Å². The minimum Gasteiger partial charge on any atom is -0.335 e. The lowest BCUT2D eigenvalue weighted by molar-refractivity contribution is -0.305. The molecular weight excluding hydrogens is 372 g/mol. The summed E-state index contributed by atoms with van der Waals surface area (Å²) in [6, 6.07) is 6.07. The van der Waals surface area contributed by atoms with Crippen molar-refractivity contribution in [3.05, 3.63) is 34.9 Å². The fourth-order valence-electron chi connectivity index (χ4n) is 1.78. The molecule has 1 aromatic heterocycles. The van der Waals surface area contributed by atoms with Crippen LogP contribution >= 0.6 is 15.9 Å². The highest BCUT2D eigenvalue weighted by atomic mass is 79.9. The molecule has 1 heterocycles. The van der Waals surface area contributed by atoms with Crippen LogP contribution in [0.4, 0.5) is 23.2 Å². The number of rotatable bonds is 3. The van der Waals surface area contributed by atoms with E-state index in [0.717, 1.165) is 0 Å². The molecule has 0 bridgehead atoms. The van der Waals surface area contributed by atoms with Crippen LogP contribution in [0.3, 0.4) is 0 Å². The maximum absolute atomic E-state index is 13.8. The van der Waals surface area contributed by atoms with E-state index in [1.54, 1.807) is 12.1 Å². The predicted molar refractivity (Wildman–Crippen MR) is 75.0 cm³/mol. The number of methoxy groups -OCH3 is 1. The largest absolute Gasteiger partial charge is 0.458 e. The van der Waals surface area contributed by atoms with Gasteiger partial charge in [0.05, 0.1) is 11.2 Å². The van der Waals surface area contributed by atoms with Crippen LogP contribution in [0.2, 0.25) is 0 Å². The SMILES string of the molecule is COC(F)(C(=O)Nc1ccc(Br)c2cccnc12)C(F)(F)F. The summed E-state index contributed by atoms with van der Waals surface area (Å²) < 4.78 is 56.1. The minimum absolute atomic E-state index is 0.0628. The van der Waals surface area contributed by atoms with Crippen molar-refractivity contribution in [2.24, 2.45) is 0 Å². The minimum atomic E-state index is -5.51. The normalized spacial score (nSPS) is 14.6. The number of alkyl halides is 4. The molecule has 9 heteroatoms. The zero-order valence-electron chi connectivity index (χ0n) is 11.0. The van der Waals surface area contributed by atoms with E-state index >= 15 is 0 Å². The second-order valence-corrected chi connectivity index (χ2v) is 5.10. The average molecular weight is 381 g/mol. The summed E-state index contributed by atoms with van der Waals surface area (Å²) in [7, 11) is 0.463. The third-order valence-electron chi connectivity index (χ3n) is 2.90. The molecule has 1 atom stereocenters. The molecule has 0 aliphatic carbocycles. The fraction of sp³-hybridized carbons (Fsp3) is 0.231. The highest BCUT2D eigenvalue weighted by molar-refractivity contribution is 9.10. The smallest absolute Gasteiger partial charge is 0.335 e. The van der Waals surface area contributed by atoms with Crippen LogP contribution < -0.4 is 5.32 Å². The average Bonchev–Trinajstić information content (AvgIpc) is 2.48. The molecule has 0 spiro atoms. The van der Waals surface area contributed by atoms with Crippen molar-refractivity contribution in [3.63, 3.8) is 0 Å². The number of hydrogen-bond acceptors (Lipinski definition) is 3. The lowest BCUT2D eigenvalue weighted by Crippen LogP contribution is -2.52. The third kappa shape index (κ3) is 2.78. The monoisotopic (exact) mass is 380 g/mol. The van der Waals surface area contributed by atoms with Gasteiger partial charge in [-0.1, -0.05) is 22.0 Å². The van der Waals surface area contributed by atoms with Gasteiger partial charge in [0.25, 0.3) is 5.91 Å². The van der Waals surface area contributed by atoms with Gasteiger partial charge in [-0.3, -0.25) is 9.78 Å². The van der Waals surface area contributed by atoms with Gasteiger partial charge in [-0.25, -0.2) is 0 Å². The zero-order chi connectivity index (χ0) is 16.5. The van der Waals surface area contributed by atoms with Gasteiger partial charge in [0.2, 0.25) is 0 Å². The maximum Gasteiger partial charge on any atom is 0.458 e. The first-order chi connectivity index (χ1) is 10.2. The first-order valence-electron chi connectivity index (χ1n) is 5.86. The van der Waals surface area contributed by atoms with Crippen LogP contribution in [0.25, 0.3) is 10.9 Å². The van der Waals surface area contributed by atoms with Crippen molar-refractivity contribution in [2.45, 2.75) is 12.0 Å². The van der Waals surface area contributed by atoms with Crippen molar-refractivity contribution in [1.82, 2.24) is 4.98 Å². The highest BCUT2D eigenvalue weighted by Crippen LogP contribution is 2.36. The van der Waals surface area contributed by atoms with E-state index in [9.17, 15) is 22.4 Å². The summed E-state index contributed by atoms with van der Waals surface area (Å²) in [6.07, 6.45) is -4.11. The number of carbonyl (C=O) groups excluding carboxylic acids is 1. The first kappa shape index (κ1) is 16.6. The van der Waals surface area contributed by atoms with Gasteiger partial charge in [-0.05, 0) is 18.2 Å². The van der Waals surface area contributed by atoms with Gasteiger partial charge < -0.3 is 10.1 Å². The molecule has 1 aromatic carbocycles. The molecule has 1 N–H and O–H groups in total. The molecule has 4 nitrogen and oxygen atoms in total. The van der Waals surface area contributed by atoms with Crippen LogP contribution in [0, 0.1) is 0 Å². The standard InChI is InChI=1S/C13H9BrF4N2O2/c1-22-12(15,13(16,17)18)11(21)20-9-5-4-8(14)7-3-2-6-19-10(7)9/h2-6H,1H3,(H,20,21). The molecule has 118 valence electrons. The van der Waals surface area contributed by atoms with Crippen molar-refractivity contribution in [3.8, 4) is 0 Å². The van der Waals surface area contributed by atoms with Crippen molar-refractivity contribution >= 4 is 38.4 Å². The summed E-state index contributed by atoms with van der Waals surface area (Å²) in [4.78, 5) is 15.6. The Morgan fingerprint density at radius 1 is 1.27 bits per heavy atom.